The first kappa shape index (κ1) is 12.6. The number of thioether (sulfide) groups is 1. The quantitative estimate of drug-likeness (QED) is 0.602. The van der Waals surface area contributed by atoms with Crippen LogP contribution in [0.3, 0.4) is 0 Å². The van der Waals surface area contributed by atoms with Crippen LogP contribution >= 0.6 is 23.4 Å². The van der Waals surface area contributed by atoms with Crippen LogP contribution in [0.1, 0.15) is 12.6 Å². The fraction of sp³-hybridized carbons (Fsp3) is 0.444. The second-order valence-corrected chi connectivity index (χ2v) is 4.71. The van der Waals surface area contributed by atoms with Crippen molar-refractivity contribution < 1.29 is 13.2 Å². The molecule has 0 aliphatic rings. The lowest BCUT2D eigenvalue weighted by Gasteiger charge is -2.09. The lowest BCUT2D eigenvalue weighted by Crippen LogP contribution is -2.08. The molecule has 0 bridgehead atoms. The average molecular weight is 256 g/mol. The van der Waals surface area contributed by atoms with Gasteiger partial charge >= 0.3 is 6.18 Å². The molecule has 1 heterocycles. The third-order valence-electron chi connectivity index (χ3n) is 1.55. The summed E-state index contributed by atoms with van der Waals surface area (Å²) in [6.07, 6.45) is -4.39. The Hall–Kier alpha value is -0.420. The number of rotatable bonds is 3. The predicted molar refractivity (Wildman–Crippen MR) is 55.3 cm³/mol. The third-order valence-corrected chi connectivity index (χ3v) is 3.24. The normalized spacial score (nSPS) is 13.9. The van der Waals surface area contributed by atoms with E-state index in [1.165, 1.54) is 17.8 Å². The summed E-state index contributed by atoms with van der Waals surface area (Å²) in [7, 11) is 0. The smallest absolute Gasteiger partial charge is 0.237 e. The minimum Gasteiger partial charge on any atom is -0.237 e. The van der Waals surface area contributed by atoms with Gasteiger partial charge in [0.25, 0.3) is 0 Å². The molecule has 0 saturated carbocycles. The maximum atomic E-state index is 12.3. The van der Waals surface area contributed by atoms with Gasteiger partial charge in [-0.05, 0) is 12.1 Å². The van der Waals surface area contributed by atoms with Gasteiger partial charge in [0.2, 0.25) is 0 Å². The molecule has 15 heavy (non-hydrogen) atoms. The van der Waals surface area contributed by atoms with Crippen molar-refractivity contribution in [3.8, 4) is 0 Å². The van der Waals surface area contributed by atoms with Crippen LogP contribution in [0.2, 0.25) is 0 Å². The summed E-state index contributed by atoms with van der Waals surface area (Å²) in [5.41, 5.74) is -0.866. The molecule has 84 valence electrons. The van der Waals surface area contributed by atoms with Gasteiger partial charge in [-0.25, -0.2) is 4.98 Å². The molecule has 1 unspecified atom stereocenters. The van der Waals surface area contributed by atoms with E-state index in [1.54, 1.807) is 6.07 Å². The van der Waals surface area contributed by atoms with Crippen molar-refractivity contribution >= 4 is 23.4 Å². The highest BCUT2D eigenvalue weighted by Gasteiger charge is 2.32. The maximum absolute atomic E-state index is 12.3. The molecule has 6 heteroatoms. The highest BCUT2D eigenvalue weighted by atomic mass is 35.5. The summed E-state index contributed by atoms with van der Waals surface area (Å²) in [4.78, 5) is 3.51. The van der Waals surface area contributed by atoms with E-state index in [1.807, 2.05) is 6.92 Å². The molecule has 0 radical (unpaired) electrons. The molecule has 0 aliphatic heterocycles. The Morgan fingerprint density at radius 2 is 2.13 bits per heavy atom. The highest BCUT2D eigenvalue weighted by molar-refractivity contribution is 7.99. The fourth-order valence-electron chi connectivity index (χ4n) is 0.876. The number of hydrogen-bond acceptors (Lipinski definition) is 2. The standard InChI is InChI=1S/C9H9ClF3NS/c1-6(5-10)15-8-4-2-3-7(14-8)9(11,12)13/h2-4,6H,5H2,1H3. The third kappa shape index (κ3) is 3.91. The Kier molecular flexibility index (Phi) is 4.28. The zero-order chi connectivity index (χ0) is 11.5. The first-order chi connectivity index (χ1) is 6.93. The van der Waals surface area contributed by atoms with Gasteiger partial charge in [0.1, 0.15) is 5.69 Å². The lowest BCUT2D eigenvalue weighted by molar-refractivity contribution is -0.141. The van der Waals surface area contributed by atoms with Crippen molar-refractivity contribution in [2.45, 2.75) is 23.4 Å². The Morgan fingerprint density at radius 3 is 2.67 bits per heavy atom. The monoisotopic (exact) mass is 255 g/mol. The number of hydrogen-bond donors (Lipinski definition) is 0. The van der Waals surface area contributed by atoms with Gasteiger partial charge in [0.15, 0.2) is 0 Å². The number of nitrogens with zero attached hydrogens (tertiary/aromatic N) is 1. The second-order valence-electron chi connectivity index (χ2n) is 2.94. The van der Waals surface area contributed by atoms with Crippen LogP contribution in [0.4, 0.5) is 13.2 Å². The molecule has 0 saturated heterocycles. The van der Waals surface area contributed by atoms with Crippen molar-refractivity contribution in [1.29, 1.82) is 0 Å². The summed E-state index contributed by atoms with van der Waals surface area (Å²) in [5, 5.41) is 0.389. The zero-order valence-electron chi connectivity index (χ0n) is 7.88. The van der Waals surface area contributed by atoms with Gasteiger partial charge in [0, 0.05) is 11.1 Å². The van der Waals surface area contributed by atoms with Crippen molar-refractivity contribution in [1.82, 2.24) is 4.98 Å². The summed E-state index contributed by atoms with van der Waals surface area (Å²) < 4.78 is 36.9. The molecule has 0 spiro atoms. The van der Waals surface area contributed by atoms with E-state index in [2.05, 4.69) is 4.98 Å². The first-order valence-corrected chi connectivity index (χ1v) is 5.62. The molecule has 1 nitrogen and oxygen atoms in total. The Labute approximate surface area is 95.0 Å². The van der Waals surface area contributed by atoms with Gasteiger partial charge < -0.3 is 0 Å². The maximum Gasteiger partial charge on any atom is 0.433 e. The zero-order valence-corrected chi connectivity index (χ0v) is 9.46. The minimum absolute atomic E-state index is 0.0441. The topological polar surface area (TPSA) is 12.9 Å². The number of halogens is 4. The average Bonchev–Trinajstić information content (AvgIpc) is 2.17. The van der Waals surface area contributed by atoms with Crippen molar-refractivity contribution in [2.24, 2.45) is 0 Å². The molecule has 1 aromatic rings. The molecule has 1 rings (SSSR count). The van der Waals surface area contributed by atoms with Crippen LogP contribution in [-0.4, -0.2) is 16.1 Å². The molecule has 0 N–H and O–H groups in total. The van der Waals surface area contributed by atoms with Gasteiger partial charge in [-0.15, -0.1) is 23.4 Å². The molecular formula is C9H9ClF3NS. The van der Waals surface area contributed by atoms with Crippen LogP contribution in [0.5, 0.6) is 0 Å². The first-order valence-electron chi connectivity index (χ1n) is 4.20. The minimum atomic E-state index is -4.39. The summed E-state index contributed by atoms with van der Waals surface area (Å²) in [6, 6.07) is 3.84. The largest absolute Gasteiger partial charge is 0.433 e. The Balaban J connectivity index is 2.84. The van der Waals surface area contributed by atoms with Crippen molar-refractivity contribution in [3.05, 3.63) is 23.9 Å². The van der Waals surface area contributed by atoms with Gasteiger partial charge in [-0.1, -0.05) is 13.0 Å². The van der Waals surface area contributed by atoms with E-state index < -0.39 is 11.9 Å². The molecule has 0 aliphatic carbocycles. The Bertz CT molecular complexity index is 329. The SMILES string of the molecule is CC(CCl)Sc1cccc(C(F)(F)F)n1. The van der Waals surface area contributed by atoms with Crippen LogP contribution in [-0.2, 0) is 6.18 Å². The summed E-state index contributed by atoms with van der Waals surface area (Å²) >= 11 is 6.79. The molecule has 0 aromatic carbocycles. The van der Waals surface area contributed by atoms with Crippen molar-refractivity contribution in [3.63, 3.8) is 0 Å². The van der Waals surface area contributed by atoms with E-state index in [0.717, 1.165) is 6.07 Å². The van der Waals surface area contributed by atoms with Crippen LogP contribution in [0.15, 0.2) is 23.2 Å². The van der Waals surface area contributed by atoms with Crippen LogP contribution in [0.25, 0.3) is 0 Å². The molecule has 0 fully saturated rings. The van der Waals surface area contributed by atoms with Gasteiger partial charge in [-0.3, -0.25) is 0 Å². The summed E-state index contributed by atoms with van der Waals surface area (Å²) in [5.74, 6) is 0.378. The Morgan fingerprint density at radius 1 is 1.47 bits per heavy atom. The van der Waals surface area contributed by atoms with Crippen LogP contribution in [0, 0.1) is 0 Å². The van der Waals surface area contributed by atoms with E-state index in [0.29, 0.717) is 10.9 Å². The molecule has 1 aromatic heterocycles. The van der Waals surface area contributed by atoms with E-state index in [4.69, 9.17) is 11.6 Å². The molecule has 0 amide bonds. The number of pyridine rings is 1. The summed E-state index contributed by atoms with van der Waals surface area (Å²) in [6.45, 7) is 1.83. The van der Waals surface area contributed by atoms with E-state index in [-0.39, 0.29) is 5.25 Å². The van der Waals surface area contributed by atoms with Crippen molar-refractivity contribution in [2.75, 3.05) is 5.88 Å². The molecular weight excluding hydrogens is 247 g/mol. The fourth-order valence-corrected chi connectivity index (χ4v) is 1.85. The van der Waals surface area contributed by atoms with E-state index in [9.17, 15) is 13.2 Å². The molecule has 1 atom stereocenters. The lowest BCUT2D eigenvalue weighted by atomic mass is 10.3. The predicted octanol–water partition coefficient (Wildman–Crippen LogP) is 3.82. The van der Waals surface area contributed by atoms with Crippen LogP contribution < -0.4 is 0 Å². The van der Waals surface area contributed by atoms with E-state index >= 15 is 0 Å². The highest BCUT2D eigenvalue weighted by Crippen LogP contribution is 2.30. The number of aromatic nitrogens is 1. The second kappa shape index (κ2) is 5.07. The van der Waals surface area contributed by atoms with Gasteiger partial charge in [0.05, 0.1) is 5.03 Å². The number of alkyl halides is 4. The van der Waals surface area contributed by atoms with Gasteiger partial charge in [-0.2, -0.15) is 13.2 Å².